The topological polar surface area (TPSA) is 44.1 Å². The highest BCUT2D eigenvalue weighted by atomic mass is 35.5. The molecule has 0 atom stereocenters. The summed E-state index contributed by atoms with van der Waals surface area (Å²) < 4.78 is 6.91. The van der Waals surface area contributed by atoms with Gasteiger partial charge in [0.1, 0.15) is 12.4 Å². The Balaban J connectivity index is 2.07. The Kier molecular flexibility index (Phi) is 4.90. The lowest BCUT2D eigenvalue weighted by Gasteiger charge is -2.08. The molecule has 0 unspecified atom stereocenters. The summed E-state index contributed by atoms with van der Waals surface area (Å²) in [5.74, 6) is 0.485. The zero-order chi connectivity index (χ0) is 16.4. The van der Waals surface area contributed by atoms with Crippen molar-refractivity contribution in [1.82, 2.24) is 9.55 Å². The molecule has 0 spiro atoms. The number of hydrogen-bond donors (Lipinski definition) is 0. The van der Waals surface area contributed by atoms with Gasteiger partial charge in [-0.1, -0.05) is 29.3 Å². The zero-order valence-electron chi connectivity index (χ0n) is 12.4. The van der Waals surface area contributed by atoms with Crippen LogP contribution >= 0.6 is 34.5 Å². The predicted molar refractivity (Wildman–Crippen MR) is 93.5 cm³/mol. The fourth-order valence-corrected chi connectivity index (χ4v) is 3.40. The second kappa shape index (κ2) is 6.91. The van der Waals surface area contributed by atoms with Gasteiger partial charge in [0.25, 0.3) is 0 Å². The normalized spacial score (nSPS) is 11.1. The first kappa shape index (κ1) is 16.3. The molecule has 2 aromatic heterocycles. The van der Waals surface area contributed by atoms with Gasteiger partial charge in [-0.3, -0.25) is 4.79 Å². The summed E-state index contributed by atoms with van der Waals surface area (Å²) in [5.41, 5.74) is 1.49. The van der Waals surface area contributed by atoms with E-state index in [-0.39, 0.29) is 12.5 Å². The van der Waals surface area contributed by atoms with Gasteiger partial charge in [0.2, 0.25) is 0 Å². The summed E-state index contributed by atoms with van der Waals surface area (Å²) in [6, 6.07) is 7.49. The molecule has 0 aliphatic rings. The smallest absolute Gasteiger partial charge is 0.326 e. The van der Waals surface area contributed by atoms with Crippen molar-refractivity contribution < 1.29 is 9.53 Å². The number of halogens is 2. The molecule has 7 heteroatoms. The average Bonchev–Trinajstić information content (AvgIpc) is 3.11. The molecular formula is C16H14Cl2N2O2S. The highest BCUT2D eigenvalue weighted by Crippen LogP contribution is 2.29. The number of carbonyl (C=O) groups is 1. The molecule has 2 heterocycles. The van der Waals surface area contributed by atoms with Crippen molar-refractivity contribution >= 4 is 51.5 Å². The molecule has 0 aliphatic carbocycles. The van der Waals surface area contributed by atoms with Crippen molar-refractivity contribution in [3.05, 3.63) is 50.4 Å². The second-order valence-corrected chi connectivity index (χ2v) is 6.78. The van der Waals surface area contributed by atoms with Gasteiger partial charge in [-0.25, -0.2) is 4.98 Å². The van der Waals surface area contributed by atoms with E-state index in [1.165, 1.54) is 4.88 Å². The molecule has 4 nitrogen and oxygen atoms in total. The van der Waals surface area contributed by atoms with Gasteiger partial charge < -0.3 is 9.30 Å². The van der Waals surface area contributed by atoms with E-state index in [0.717, 1.165) is 16.9 Å². The third kappa shape index (κ3) is 3.52. The van der Waals surface area contributed by atoms with Crippen LogP contribution in [0.1, 0.15) is 17.6 Å². The van der Waals surface area contributed by atoms with Crippen LogP contribution in [0.2, 0.25) is 10.0 Å². The van der Waals surface area contributed by atoms with Gasteiger partial charge in [0.05, 0.1) is 27.7 Å². The quantitative estimate of drug-likeness (QED) is 0.620. The van der Waals surface area contributed by atoms with E-state index in [1.807, 2.05) is 22.1 Å². The summed E-state index contributed by atoms with van der Waals surface area (Å²) in [6.45, 7) is 2.23. The molecule has 0 aliphatic heterocycles. The van der Waals surface area contributed by atoms with E-state index in [0.29, 0.717) is 23.1 Å². The maximum absolute atomic E-state index is 11.9. The SMILES string of the molecule is CCOC(=O)Cn1c(Cc2cccs2)nc2cc(Cl)c(Cl)cc21. The molecule has 0 bridgehead atoms. The van der Waals surface area contributed by atoms with Crippen molar-refractivity contribution in [3.63, 3.8) is 0 Å². The molecule has 3 rings (SSSR count). The first-order valence-corrected chi connectivity index (χ1v) is 8.74. The largest absolute Gasteiger partial charge is 0.465 e. The number of ether oxygens (including phenoxy) is 1. The Morgan fingerprint density at radius 2 is 2.13 bits per heavy atom. The third-order valence-corrected chi connectivity index (χ3v) is 4.97. The molecule has 0 amide bonds. The molecule has 23 heavy (non-hydrogen) atoms. The van der Waals surface area contributed by atoms with Crippen LogP contribution in [-0.4, -0.2) is 22.1 Å². The van der Waals surface area contributed by atoms with Gasteiger partial charge in [-0.05, 0) is 30.5 Å². The molecule has 3 aromatic rings. The van der Waals surface area contributed by atoms with Crippen molar-refractivity contribution in [2.45, 2.75) is 19.9 Å². The first-order chi connectivity index (χ1) is 11.1. The molecule has 120 valence electrons. The standard InChI is InChI=1S/C16H14Cl2N2O2S/c1-2-22-16(21)9-20-14-8-12(18)11(17)7-13(14)19-15(20)6-10-4-3-5-23-10/h3-5,7-8H,2,6,9H2,1H3. The minimum absolute atomic E-state index is 0.100. The molecule has 1 aromatic carbocycles. The Morgan fingerprint density at radius 1 is 1.35 bits per heavy atom. The number of esters is 1. The number of aromatic nitrogens is 2. The highest BCUT2D eigenvalue weighted by Gasteiger charge is 2.16. The van der Waals surface area contributed by atoms with Crippen LogP contribution in [0.4, 0.5) is 0 Å². The lowest BCUT2D eigenvalue weighted by atomic mass is 10.3. The molecule has 0 radical (unpaired) electrons. The Labute approximate surface area is 147 Å². The molecule has 0 fully saturated rings. The van der Waals surface area contributed by atoms with E-state index in [9.17, 15) is 4.79 Å². The lowest BCUT2D eigenvalue weighted by Crippen LogP contribution is -2.15. The number of fused-ring (bicyclic) bond motifs is 1. The zero-order valence-corrected chi connectivity index (χ0v) is 14.7. The summed E-state index contributed by atoms with van der Waals surface area (Å²) in [5, 5.41) is 2.90. The minimum atomic E-state index is -0.301. The molecule has 0 N–H and O–H groups in total. The highest BCUT2D eigenvalue weighted by molar-refractivity contribution is 7.09. The Morgan fingerprint density at radius 3 is 2.83 bits per heavy atom. The summed E-state index contributed by atoms with van der Waals surface area (Å²) in [4.78, 5) is 17.7. The van der Waals surface area contributed by atoms with Gasteiger partial charge >= 0.3 is 5.97 Å². The van der Waals surface area contributed by atoms with Gasteiger partial charge in [0.15, 0.2) is 0 Å². The number of nitrogens with zero attached hydrogens (tertiary/aromatic N) is 2. The van der Waals surface area contributed by atoms with Crippen molar-refractivity contribution in [3.8, 4) is 0 Å². The van der Waals surface area contributed by atoms with E-state index >= 15 is 0 Å². The molecule has 0 saturated heterocycles. The van der Waals surface area contributed by atoms with E-state index in [4.69, 9.17) is 27.9 Å². The number of imidazole rings is 1. The van der Waals surface area contributed by atoms with Gasteiger partial charge in [0, 0.05) is 11.3 Å². The molecular weight excluding hydrogens is 355 g/mol. The van der Waals surface area contributed by atoms with E-state index in [2.05, 4.69) is 4.98 Å². The number of carbonyl (C=O) groups excluding carboxylic acids is 1. The second-order valence-electron chi connectivity index (χ2n) is 4.93. The van der Waals surface area contributed by atoms with Crippen LogP contribution < -0.4 is 0 Å². The number of hydrogen-bond acceptors (Lipinski definition) is 4. The van der Waals surface area contributed by atoms with Crippen LogP contribution in [-0.2, 0) is 22.5 Å². The Bertz CT molecular complexity index is 844. The van der Waals surface area contributed by atoms with Gasteiger partial charge in [-0.2, -0.15) is 0 Å². The maximum Gasteiger partial charge on any atom is 0.326 e. The summed E-state index contributed by atoms with van der Waals surface area (Å²) in [7, 11) is 0. The predicted octanol–water partition coefficient (Wildman–Crippen LogP) is 4.56. The minimum Gasteiger partial charge on any atom is -0.465 e. The van der Waals surface area contributed by atoms with Crippen molar-refractivity contribution in [2.24, 2.45) is 0 Å². The monoisotopic (exact) mass is 368 g/mol. The lowest BCUT2D eigenvalue weighted by molar-refractivity contribution is -0.143. The van der Waals surface area contributed by atoms with Crippen LogP contribution in [0, 0.1) is 0 Å². The van der Waals surface area contributed by atoms with Crippen molar-refractivity contribution in [1.29, 1.82) is 0 Å². The van der Waals surface area contributed by atoms with Crippen LogP contribution in [0.25, 0.3) is 11.0 Å². The first-order valence-electron chi connectivity index (χ1n) is 7.10. The fourth-order valence-electron chi connectivity index (χ4n) is 2.39. The molecule has 0 saturated carbocycles. The van der Waals surface area contributed by atoms with Crippen LogP contribution in [0.5, 0.6) is 0 Å². The van der Waals surface area contributed by atoms with Crippen LogP contribution in [0.3, 0.4) is 0 Å². The van der Waals surface area contributed by atoms with E-state index in [1.54, 1.807) is 30.4 Å². The fraction of sp³-hybridized carbons (Fsp3) is 0.250. The number of benzene rings is 1. The van der Waals surface area contributed by atoms with Crippen LogP contribution in [0.15, 0.2) is 29.6 Å². The van der Waals surface area contributed by atoms with Gasteiger partial charge in [-0.15, -0.1) is 11.3 Å². The summed E-state index contributed by atoms with van der Waals surface area (Å²) in [6.07, 6.45) is 0.640. The maximum atomic E-state index is 11.9. The van der Waals surface area contributed by atoms with Crippen molar-refractivity contribution in [2.75, 3.05) is 6.61 Å². The summed E-state index contributed by atoms with van der Waals surface area (Å²) >= 11 is 13.8. The Hall–Kier alpha value is -1.56. The average molecular weight is 369 g/mol. The van der Waals surface area contributed by atoms with E-state index < -0.39 is 0 Å². The third-order valence-electron chi connectivity index (χ3n) is 3.37. The number of thiophene rings is 1. The number of rotatable bonds is 5.